The number of halogens is 2. The monoisotopic (exact) mass is 331 g/mol. The zero-order chi connectivity index (χ0) is 13.8. The number of ether oxygens (including phenoxy) is 2. The Morgan fingerprint density at radius 3 is 2.68 bits per heavy atom. The van der Waals surface area contributed by atoms with Crippen molar-refractivity contribution in [2.24, 2.45) is 5.92 Å². The summed E-state index contributed by atoms with van der Waals surface area (Å²) in [5, 5.41) is 3.33. The van der Waals surface area contributed by atoms with E-state index in [4.69, 9.17) is 9.47 Å². The van der Waals surface area contributed by atoms with Gasteiger partial charge in [-0.25, -0.2) is 4.39 Å². The van der Waals surface area contributed by atoms with E-state index in [0.717, 1.165) is 31.6 Å². The van der Waals surface area contributed by atoms with Gasteiger partial charge in [0.2, 0.25) is 0 Å². The van der Waals surface area contributed by atoms with Gasteiger partial charge < -0.3 is 14.8 Å². The summed E-state index contributed by atoms with van der Waals surface area (Å²) in [5.41, 5.74) is 0.991. The Morgan fingerprint density at radius 2 is 2.11 bits per heavy atom. The van der Waals surface area contributed by atoms with Gasteiger partial charge in [-0.3, -0.25) is 0 Å². The first kappa shape index (κ1) is 14.8. The highest BCUT2D eigenvalue weighted by Crippen LogP contribution is 2.37. The van der Waals surface area contributed by atoms with Crippen LogP contribution in [0.5, 0.6) is 5.75 Å². The van der Waals surface area contributed by atoms with Crippen LogP contribution >= 0.6 is 15.9 Å². The lowest BCUT2D eigenvalue weighted by Gasteiger charge is -2.31. The molecule has 1 aromatic carbocycles. The van der Waals surface area contributed by atoms with Gasteiger partial charge in [-0.1, -0.05) is 0 Å². The zero-order valence-corrected chi connectivity index (χ0v) is 12.8. The molecular weight excluding hydrogens is 313 g/mol. The van der Waals surface area contributed by atoms with E-state index in [1.165, 1.54) is 6.07 Å². The number of methoxy groups -OCH3 is 1. The molecule has 2 rings (SSSR count). The van der Waals surface area contributed by atoms with Gasteiger partial charge in [0, 0.05) is 30.9 Å². The smallest absolute Gasteiger partial charge is 0.141 e. The first-order chi connectivity index (χ1) is 9.17. The topological polar surface area (TPSA) is 30.5 Å². The van der Waals surface area contributed by atoms with Crippen LogP contribution in [-0.2, 0) is 4.74 Å². The second kappa shape index (κ2) is 6.68. The summed E-state index contributed by atoms with van der Waals surface area (Å²) in [4.78, 5) is 0. The van der Waals surface area contributed by atoms with Crippen molar-refractivity contribution >= 4 is 15.9 Å². The second-order valence-electron chi connectivity index (χ2n) is 4.72. The zero-order valence-electron chi connectivity index (χ0n) is 11.2. The van der Waals surface area contributed by atoms with Crippen molar-refractivity contribution in [3.8, 4) is 5.75 Å². The van der Waals surface area contributed by atoms with Crippen molar-refractivity contribution in [1.82, 2.24) is 5.32 Å². The van der Waals surface area contributed by atoms with Crippen LogP contribution < -0.4 is 10.1 Å². The number of hydrogen-bond donors (Lipinski definition) is 1. The molecule has 1 atom stereocenters. The Kier molecular flexibility index (Phi) is 5.19. The molecule has 0 saturated carbocycles. The van der Waals surface area contributed by atoms with Crippen LogP contribution in [0, 0.1) is 11.7 Å². The molecule has 1 aromatic rings. The molecule has 1 fully saturated rings. The summed E-state index contributed by atoms with van der Waals surface area (Å²) in [7, 11) is 3.50. The molecule has 3 nitrogen and oxygen atoms in total. The highest BCUT2D eigenvalue weighted by atomic mass is 79.9. The molecule has 0 bridgehead atoms. The van der Waals surface area contributed by atoms with Crippen LogP contribution in [0.3, 0.4) is 0 Å². The lowest BCUT2D eigenvalue weighted by atomic mass is 9.86. The van der Waals surface area contributed by atoms with Crippen LogP contribution in [0.2, 0.25) is 0 Å². The van der Waals surface area contributed by atoms with E-state index in [-0.39, 0.29) is 11.9 Å². The van der Waals surface area contributed by atoms with Gasteiger partial charge in [-0.2, -0.15) is 0 Å². The van der Waals surface area contributed by atoms with Gasteiger partial charge in [-0.05, 0) is 47.8 Å². The third kappa shape index (κ3) is 3.27. The maximum Gasteiger partial charge on any atom is 0.141 e. The van der Waals surface area contributed by atoms with Gasteiger partial charge in [0.15, 0.2) is 0 Å². The summed E-state index contributed by atoms with van der Waals surface area (Å²) in [6.07, 6.45) is 2.01. The number of hydrogen-bond acceptors (Lipinski definition) is 3. The van der Waals surface area contributed by atoms with Crippen molar-refractivity contribution in [1.29, 1.82) is 0 Å². The van der Waals surface area contributed by atoms with E-state index in [0.29, 0.717) is 16.1 Å². The van der Waals surface area contributed by atoms with E-state index in [1.807, 2.05) is 13.1 Å². The summed E-state index contributed by atoms with van der Waals surface area (Å²) < 4.78 is 24.8. The van der Waals surface area contributed by atoms with Crippen molar-refractivity contribution in [3.05, 3.63) is 28.0 Å². The molecule has 1 N–H and O–H groups in total. The summed E-state index contributed by atoms with van der Waals surface area (Å²) in [6, 6.07) is 3.39. The molecule has 1 unspecified atom stereocenters. The Hall–Kier alpha value is -0.650. The predicted molar refractivity (Wildman–Crippen MR) is 76.0 cm³/mol. The normalized spacial score (nSPS) is 18.3. The van der Waals surface area contributed by atoms with Crippen LogP contribution in [-0.4, -0.2) is 27.4 Å². The van der Waals surface area contributed by atoms with Gasteiger partial charge >= 0.3 is 0 Å². The van der Waals surface area contributed by atoms with Gasteiger partial charge in [0.25, 0.3) is 0 Å². The SMILES string of the molecule is CNC(c1cc(Br)c(F)cc1OC)C1CCOCC1. The van der Waals surface area contributed by atoms with Gasteiger partial charge in [0.1, 0.15) is 11.6 Å². The summed E-state index contributed by atoms with van der Waals surface area (Å²) in [6.45, 7) is 1.57. The standard InChI is InChI=1S/C14H19BrFNO2/c1-17-14(9-3-5-19-6-4-9)10-7-11(15)12(16)8-13(10)18-2/h7-9,14,17H,3-6H2,1-2H3. The Balaban J connectivity index is 2.33. The molecule has 1 aliphatic heterocycles. The minimum atomic E-state index is -0.303. The first-order valence-corrected chi connectivity index (χ1v) is 7.24. The minimum Gasteiger partial charge on any atom is -0.496 e. The molecular formula is C14H19BrFNO2. The highest BCUT2D eigenvalue weighted by Gasteiger charge is 2.27. The van der Waals surface area contributed by atoms with Crippen molar-refractivity contribution in [2.75, 3.05) is 27.4 Å². The lowest BCUT2D eigenvalue weighted by Crippen LogP contribution is -2.30. The molecule has 0 radical (unpaired) electrons. The number of benzene rings is 1. The maximum absolute atomic E-state index is 13.6. The summed E-state index contributed by atoms with van der Waals surface area (Å²) >= 11 is 3.25. The van der Waals surface area contributed by atoms with E-state index in [1.54, 1.807) is 7.11 Å². The lowest BCUT2D eigenvalue weighted by molar-refractivity contribution is 0.0543. The third-order valence-electron chi connectivity index (χ3n) is 3.66. The van der Waals surface area contributed by atoms with Crippen molar-refractivity contribution in [2.45, 2.75) is 18.9 Å². The molecule has 1 aliphatic rings. The first-order valence-electron chi connectivity index (χ1n) is 6.45. The summed E-state index contributed by atoms with van der Waals surface area (Å²) in [5.74, 6) is 0.763. The average molecular weight is 332 g/mol. The fourth-order valence-corrected chi connectivity index (χ4v) is 3.02. The molecule has 1 heterocycles. The Bertz CT molecular complexity index is 436. The van der Waals surface area contributed by atoms with E-state index >= 15 is 0 Å². The van der Waals surface area contributed by atoms with E-state index in [9.17, 15) is 4.39 Å². The largest absolute Gasteiger partial charge is 0.496 e. The van der Waals surface area contributed by atoms with Crippen LogP contribution in [0.25, 0.3) is 0 Å². The van der Waals surface area contributed by atoms with Gasteiger partial charge in [0.05, 0.1) is 11.6 Å². The molecule has 106 valence electrons. The number of nitrogens with one attached hydrogen (secondary N) is 1. The molecule has 0 amide bonds. The van der Waals surface area contributed by atoms with E-state index in [2.05, 4.69) is 21.2 Å². The molecule has 0 aliphatic carbocycles. The van der Waals surface area contributed by atoms with Crippen LogP contribution in [0.4, 0.5) is 4.39 Å². The van der Waals surface area contributed by atoms with Crippen LogP contribution in [0.1, 0.15) is 24.4 Å². The number of rotatable bonds is 4. The van der Waals surface area contributed by atoms with Crippen molar-refractivity contribution in [3.63, 3.8) is 0 Å². The quantitative estimate of drug-likeness (QED) is 0.918. The highest BCUT2D eigenvalue weighted by molar-refractivity contribution is 9.10. The molecule has 19 heavy (non-hydrogen) atoms. The Morgan fingerprint density at radius 1 is 1.42 bits per heavy atom. The molecule has 1 saturated heterocycles. The molecule has 0 aromatic heterocycles. The third-order valence-corrected chi connectivity index (χ3v) is 4.26. The van der Waals surface area contributed by atoms with Gasteiger partial charge in [-0.15, -0.1) is 0 Å². The molecule has 0 spiro atoms. The maximum atomic E-state index is 13.6. The Labute approximate surface area is 121 Å². The molecule has 5 heteroatoms. The average Bonchev–Trinajstić information content (AvgIpc) is 2.44. The fourth-order valence-electron chi connectivity index (χ4n) is 2.66. The predicted octanol–water partition coefficient (Wildman–Crippen LogP) is 3.28. The van der Waals surface area contributed by atoms with Crippen LogP contribution in [0.15, 0.2) is 16.6 Å². The minimum absolute atomic E-state index is 0.149. The van der Waals surface area contributed by atoms with Crippen molar-refractivity contribution < 1.29 is 13.9 Å². The fraction of sp³-hybridized carbons (Fsp3) is 0.571. The second-order valence-corrected chi connectivity index (χ2v) is 5.58. The van der Waals surface area contributed by atoms with E-state index < -0.39 is 0 Å².